The lowest BCUT2D eigenvalue weighted by Gasteiger charge is -2.27. The summed E-state index contributed by atoms with van der Waals surface area (Å²) >= 11 is 0. The fraction of sp³-hybridized carbons (Fsp3) is 0.160. The van der Waals surface area contributed by atoms with Crippen LogP contribution in [0.3, 0.4) is 0 Å². The minimum Gasteiger partial charge on any atom is -0.370 e. The van der Waals surface area contributed by atoms with Gasteiger partial charge in [-0.15, -0.1) is 0 Å². The van der Waals surface area contributed by atoms with Crippen LogP contribution in [-0.4, -0.2) is 34.4 Å². The SMILES string of the molecule is NC(=O)C(=O)C(Cc1ccccc1)NC(=O)c1cccnc1C1Nc2ccccc2CC1=O. The Hall–Kier alpha value is -4.33. The van der Waals surface area contributed by atoms with Crippen molar-refractivity contribution in [1.82, 2.24) is 10.3 Å². The first-order valence-corrected chi connectivity index (χ1v) is 10.4. The number of pyridine rings is 1. The summed E-state index contributed by atoms with van der Waals surface area (Å²) in [5.41, 5.74) is 8.02. The number of ketones is 2. The zero-order valence-corrected chi connectivity index (χ0v) is 17.7. The largest absolute Gasteiger partial charge is 0.370 e. The number of nitrogens with one attached hydrogen (secondary N) is 2. The van der Waals surface area contributed by atoms with Crippen LogP contribution in [0, 0.1) is 0 Å². The third-order valence-electron chi connectivity index (χ3n) is 5.51. The molecule has 4 rings (SSSR count). The van der Waals surface area contributed by atoms with Gasteiger partial charge in [-0.05, 0) is 29.3 Å². The van der Waals surface area contributed by atoms with Crippen LogP contribution in [0.25, 0.3) is 0 Å². The molecule has 33 heavy (non-hydrogen) atoms. The van der Waals surface area contributed by atoms with Crippen molar-refractivity contribution in [3.05, 3.63) is 95.3 Å². The van der Waals surface area contributed by atoms with Crippen molar-refractivity contribution in [1.29, 1.82) is 0 Å². The van der Waals surface area contributed by atoms with Crippen molar-refractivity contribution in [3.63, 3.8) is 0 Å². The molecular formula is C25H22N4O4. The Morgan fingerprint density at radius 1 is 1.03 bits per heavy atom. The first-order chi connectivity index (χ1) is 15.9. The molecular weight excluding hydrogens is 420 g/mol. The molecule has 3 aromatic rings. The summed E-state index contributed by atoms with van der Waals surface area (Å²) in [5.74, 6) is -2.79. The van der Waals surface area contributed by atoms with Crippen LogP contribution in [0.1, 0.15) is 33.2 Å². The number of carbonyl (C=O) groups is 4. The molecule has 1 aliphatic heterocycles. The first kappa shape index (κ1) is 21.9. The highest BCUT2D eigenvalue weighted by molar-refractivity contribution is 6.38. The zero-order valence-electron chi connectivity index (χ0n) is 17.7. The maximum Gasteiger partial charge on any atom is 0.287 e. The maximum absolute atomic E-state index is 13.2. The summed E-state index contributed by atoms with van der Waals surface area (Å²) in [5, 5.41) is 5.77. The molecule has 0 saturated heterocycles. The van der Waals surface area contributed by atoms with Gasteiger partial charge in [-0.1, -0.05) is 48.5 Å². The predicted molar refractivity (Wildman–Crippen MR) is 121 cm³/mol. The molecule has 166 valence electrons. The van der Waals surface area contributed by atoms with Crippen molar-refractivity contribution in [2.75, 3.05) is 5.32 Å². The van der Waals surface area contributed by atoms with Crippen LogP contribution in [0.5, 0.6) is 0 Å². The fourth-order valence-electron chi connectivity index (χ4n) is 3.87. The van der Waals surface area contributed by atoms with E-state index in [1.165, 1.54) is 12.3 Å². The summed E-state index contributed by atoms with van der Waals surface area (Å²) in [6.45, 7) is 0. The number of rotatable bonds is 7. The second-order valence-corrected chi connectivity index (χ2v) is 7.76. The van der Waals surface area contributed by atoms with Gasteiger partial charge in [0.2, 0.25) is 5.78 Å². The number of carbonyl (C=O) groups excluding carboxylic acids is 4. The number of benzene rings is 2. The average molecular weight is 442 g/mol. The van der Waals surface area contributed by atoms with Gasteiger partial charge < -0.3 is 16.4 Å². The van der Waals surface area contributed by atoms with Crippen molar-refractivity contribution < 1.29 is 19.2 Å². The van der Waals surface area contributed by atoms with E-state index in [9.17, 15) is 19.2 Å². The second kappa shape index (κ2) is 9.44. The van der Waals surface area contributed by atoms with Crippen LogP contribution < -0.4 is 16.4 Å². The number of fused-ring (bicyclic) bond motifs is 1. The lowest BCUT2D eigenvalue weighted by atomic mass is 9.92. The van der Waals surface area contributed by atoms with Crippen molar-refractivity contribution in [2.24, 2.45) is 5.73 Å². The number of primary amides is 1. The number of nitrogens with zero attached hydrogens (tertiary/aromatic N) is 1. The van der Waals surface area contributed by atoms with Gasteiger partial charge in [-0.3, -0.25) is 24.2 Å². The molecule has 0 saturated carbocycles. The van der Waals surface area contributed by atoms with Crippen LogP contribution in [-0.2, 0) is 27.2 Å². The third-order valence-corrected chi connectivity index (χ3v) is 5.51. The molecule has 2 atom stereocenters. The normalized spacial score (nSPS) is 15.6. The number of aromatic nitrogens is 1. The van der Waals surface area contributed by atoms with Gasteiger partial charge in [-0.25, -0.2) is 0 Å². The van der Waals surface area contributed by atoms with Crippen molar-refractivity contribution in [3.8, 4) is 0 Å². The monoisotopic (exact) mass is 442 g/mol. The fourth-order valence-corrected chi connectivity index (χ4v) is 3.87. The molecule has 0 fully saturated rings. The van der Waals surface area contributed by atoms with E-state index in [0.717, 1.165) is 16.8 Å². The number of hydrogen-bond acceptors (Lipinski definition) is 6. The molecule has 2 amide bonds. The van der Waals surface area contributed by atoms with Gasteiger partial charge in [0.05, 0.1) is 11.3 Å². The standard InChI is InChI=1S/C25H22N4O4/c26-24(32)23(31)19(13-15-7-2-1-3-8-15)29-25(33)17-10-6-12-27-21(17)22-20(30)14-16-9-4-5-11-18(16)28-22/h1-12,19,22,28H,13-14H2,(H2,26,32)(H,29,33). The molecule has 0 spiro atoms. The van der Waals surface area contributed by atoms with Gasteiger partial charge in [0.25, 0.3) is 11.8 Å². The summed E-state index contributed by atoms with van der Waals surface area (Å²) in [4.78, 5) is 54.3. The Bertz CT molecular complexity index is 1230. The van der Waals surface area contributed by atoms with Crippen molar-refractivity contribution >= 4 is 29.1 Å². The number of hydrogen-bond donors (Lipinski definition) is 3. The third kappa shape index (κ3) is 4.79. The highest BCUT2D eigenvalue weighted by Crippen LogP contribution is 2.30. The highest BCUT2D eigenvalue weighted by atomic mass is 16.2. The van der Waals surface area contributed by atoms with E-state index >= 15 is 0 Å². The molecule has 2 aromatic carbocycles. The van der Waals surface area contributed by atoms with E-state index in [4.69, 9.17) is 5.73 Å². The van der Waals surface area contributed by atoms with E-state index in [-0.39, 0.29) is 29.9 Å². The number of nitrogens with two attached hydrogens (primary N) is 1. The molecule has 0 radical (unpaired) electrons. The van der Waals surface area contributed by atoms with E-state index < -0.39 is 29.7 Å². The second-order valence-electron chi connectivity index (χ2n) is 7.76. The molecule has 0 aliphatic carbocycles. The first-order valence-electron chi connectivity index (χ1n) is 10.4. The molecule has 0 bridgehead atoms. The zero-order chi connectivity index (χ0) is 23.4. The Labute approximate surface area is 190 Å². The van der Waals surface area contributed by atoms with Crippen LogP contribution in [0.15, 0.2) is 72.9 Å². The minimum atomic E-state index is -1.15. The van der Waals surface area contributed by atoms with Gasteiger partial charge >= 0.3 is 0 Å². The van der Waals surface area contributed by atoms with Gasteiger partial charge in [0, 0.05) is 24.7 Å². The predicted octanol–water partition coefficient (Wildman–Crippen LogP) is 1.76. The molecule has 4 N–H and O–H groups in total. The average Bonchev–Trinajstić information content (AvgIpc) is 2.83. The molecule has 2 unspecified atom stereocenters. The Kier molecular flexibility index (Phi) is 6.26. The lowest BCUT2D eigenvalue weighted by Crippen LogP contribution is -2.47. The molecule has 8 heteroatoms. The Morgan fingerprint density at radius 2 is 1.76 bits per heavy atom. The molecule has 1 aromatic heterocycles. The number of para-hydroxylation sites is 1. The number of anilines is 1. The van der Waals surface area contributed by atoms with Crippen LogP contribution in [0.4, 0.5) is 5.69 Å². The van der Waals surface area contributed by atoms with Gasteiger partial charge in [0.1, 0.15) is 12.1 Å². The summed E-state index contributed by atoms with van der Waals surface area (Å²) in [6.07, 6.45) is 1.80. The summed E-state index contributed by atoms with van der Waals surface area (Å²) in [6, 6.07) is 17.5. The summed E-state index contributed by atoms with van der Waals surface area (Å²) < 4.78 is 0. The van der Waals surface area contributed by atoms with Gasteiger partial charge in [-0.2, -0.15) is 0 Å². The number of amides is 2. The highest BCUT2D eigenvalue weighted by Gasteiger charge is 2.32. The van der Waals surface area contributed by atoms with Crippen LogP contribution >= 0.6 is 0 Å². The Balaban J connectivity index is 1.61. The Morgan fingerprint density at radius 3 is 2.52 bits per heavy atom. The molecule has 1 aliphatic rings. The molecule has 2 heterocycles. The number of Topliss-reactive ketones (excluding diaryl/α,β-unsaturated/α-hetero) is 2. The maximum atomic E-state index is 13.2. The lowest BCUT2D eigenvalue weighted by molar-refractivity contribution is -0.137. The van der Waals surface area contributed by atoms with E-state index in [1.807, 2.05) is 30.3 Å². The molecule has 8 nitrogen and oxygen atoms in total. The quantitative estimate of drug-likeness (QED) is 0.478. The van der Waals surface area contributed by atoms with E-state index in [2.05, 4.69) is 15.6 Å². The van der Waals surface area contributed by atoms with Gasteiger partial charge in [0.15, 0.2) is 5.78 Å². The topological polar surface area (TPSA) is 131 Å². The smallest absolute Gasteiger partial charge is 0.287 e. The minimum absolute atomic E-state index is 0.0952. The van der Waals surface area contributed by atoms with Crippen molar-refractivity contribution in [2.45, 2.75) is 24.9 Å². The van der Waals surface area contributed by atoms with E-state index in [0.29, 0.717) is 0 Å². The summed E-state index contributed by atoms with van der Waals surface area (Å²) in [7, 11) is 0. The van der Waals surface area contributed by atoms with Crippen LogP contribution in [0.2, 0.25) is 0 Å². The van der Waals surface area contributed by atoms with E-state index in [1.54, 1.807) is 30.3 Å².